The first-order valence-electron chi connectivity index (χ1n) is 2.95. The zero-order chi connectivity index (χ0) is 6.57. The van der Waals surface area contributed by atoms with Gasteiger partial charge < -0.3 is 5.11 Å². The molecule has 0 bridgehead atoms. The Balaban J connectivity index is 0. The standard InChI is InChI=1S/C6H12O2.Cu/c1-3-5(4-2)6(7)8;/h5H,3-4H2,1-2H3,(H,7,8);. The number of hydrogen-bond donors (Lipinski definition) is 1. The third-order valence-electron chi connectivity index (χ3n) is 1.33. The molecule has 0 spiro atoms. The summed E-state index contributed by atoms with van der Waals surface area (Å²) in [5.74, 6) is -0.801. The van der Waals surface area contributed by atoms with Crippen molar-refractivity contribution in [3.63, 3.8) is 0 Å². The van der Waals surface area contributed by atoms with E-state index >= 15 is 0 Å². The SMILES string of the molecule is CCC(CC)C(=O)O.[Cu]. The molecule has 0 aromatic rings. The van der Waals surface area contributed by atoms with Crippen LogP contribution < -0.4 is 0 Å². The van der Waals surface area contributed by atoms with E-state index in [2.05, 4.69) is 0 Å². The van der Waals surface area contributed by atoms with Crippen molar-refractivity contribution in [1.82, 2.24) is 0 Å². The fourth-order valence-electron chi connectivity index (χ4n) is 0.638. The Bertz CT molecular complexity index is 79.1. The van der Waals surface area contributed by atoms with E-state index in [0.717, 1.165) is 12.8 Å². The van der Waals surface area contributed by atoms with E-state index in [-0.39, 0.29) is 23.0 Å². The maximum absolute atomic E-state index is 10.2. The van der Waals surface area contributed by atoms with Crippen LogP contribution in [0, 0.1) is 5.92 Å². The van der Waals surface area contributed by atoms with Crippen LogP contribution in [0.1, 0.15) is 26.7 Å². The average molecular weight is 180 g/mol. The molecule has 1 N–H and O–H groups in total. The van der Waals surface area contributed by atoms with Crippen LogP contribution in [0.3, 0.4) is 0 Å². The molecule has 9 heavy (non-hydrogen) atoms. The number of carboxylic acid groups (broad SMARTS) is 1. The second-order valence-corrected chi connectivity index (χ2v) is 1.85. The number of carboxylic acids is 1. The first-order valence-corrected chi connectivity index (χ1v) is 2.95. The first kappa shape index (κ1) is 11.7. The van der Waals surface area contributed by atoms with E-state index in [9.17, 15) is 4.79 Å². The number of aliphatic carboxylic acids is 1. The molecular formula is C6H12CuO2. The molecule has 0 aromatic heterocycles. The number of rotatable bonds is 3. The number of carbonyl (C=O) groups is 1. The van der Waals surface area contributed by atoms with Crippen LogP contribution in [0.25, 0.3) is 0 Å². The summed E-state index contributed by atoms with van der Waals surface area (Å²) in [6, 6.07) is 0. The van der Waals surface area contributed by atoms with Crippen LogP contribution in [-0.4, -0.2) is 11.1 Å². The van der Waals surface area contributed by atoms with Crippen molar-refractivity contribution in [3.05, 3.63) is 0 Å². The van der Waals surface area contributed by atoms with Crippen molar-refractivity contribution in [2.45, 2.75) is 26.7 Å². The minimum Gasteiger partial charge on any atom is -0.481 e. The molecule has 0 amide bonds. The minimum absolute atomic E-state index is 0. The zero-order valence-corrected chi connectivity index (χ0v) is 6.59. The van der Waals surface area contributed by atoms with Gasteiger partial charge in [0, 0.05) is 17.1 Å². The molecular weight excluding hydrogens is 168 g/mol. The molecule has 0 aliphatic carbocycles. The second-order valence-electron chi connectivity index (χ2n) is 1.85. The summed E-state index contributed by atoms with van der Waals surface area (Å²) in [6.45, 7) is 3.78. The summed E-state index contributed by atoms with van der Waals surface area (Å²) in [5.41, 5.74) is 0. The molecule has 0 saturated heterocycles. The molecule has 0 atom stereocenters. The van der Waals surface area contributed by atoms with Gasteiger partial charge in [-0.05, 0) is 12.8 Å². The maximum atomic E-state index is 10.2. The van der Waals surface area contributed by atoms with Gasteiger partial charge in [0.25, 0.3) is 0 Å². The molecule has 2 nitrogen and oxygen atoms in total. The van der Waals surface area contributed by atoms with Gasteiger partial charge in [-0.3, -0.25) is 4.79 Å². The normalized spacial score (nSPS) is 8.78. The summed E-state index contributed by atoms with van der Waals surface area (Å²) >= 11 is 0. The molecule has 0 saturated carbocycles. The van der Waals surface area contributed by atoms with Gasteiger partial charge in [-0.1, -0.05) is 13.8 Å². The van der Waals surface area contributed by atoms with Crippen molar-refractivity contribution in [2.75, 3.05) is 0 Å². The van der Waals surface area contributed by atoms with Crippen molar-refractivity contribution < 1.29 is 27.0 Å². The van der Waals surface area contributed by atoms with Gasteiger partial charge in [0.2, 0.25) is 0 Å². The smallest absolute Gasteiger partial charge is 0.306 e. The molecule has 0 aliphatic heterocycles. The first-order chi connectivity index (χ1) is 3.72. The monoisotopic (exact) mass is 179 g/mol. The summed E-state index contributed by atoms with van der Waals surface area (Å²) < 4.78 is 0. The van der Waals surface area contributed by atoms with Gasteiger partial charge in [0.1, 0.15) is 0 Å². The second kappa shape index (κ2) is 6.11. The third kappa shape index (κ3) is 4.49. The van der Waals surface area contributed by atoms with E-state index in [1.54, 1.807) is 0 Å². The predicted molar refractivity (Wildman–Crippen MR) is 31.7 cm³/mol. The van der Waals surface area contributed by atoms with Crippen LogP contribution in [0.5, 0.6) is 0 Å². The third-order valence-corrected chi connectivity index (χ3v) is 1.33. The summed E-state index contributed by atoms with van der Waals surface area (Å²) in [7, 11) is 0. The van der Waals surface area contributed by atoms with Crippen molar-refractivity contribution >= 4 is 5.97 Å². The zero-order valence-electron chi connectivity index (χ0n) is 5.65. The molecule has 0 heterocycles. The summed E-state index contributed by atoms with van der Waals surface area (Å²) in [4.78, 5) is 10.2. The quantitative estimate of drug-likeness (QED) is 0.667. The van der Waals surface area contributed by atoms with Crippen LogP contribution in [0.2, 0.25) is 0 Å². The van der Waals surface area contributed by atoms with Crippen molar-refractivity contribution in [2.24, 2.45) is 5.92 Å². The van der Waals surface area contributed by atoms with Crippen molar-refractivity contribution in [1.29, 1.82) is 0 Å². The molecule has 0 aromatic carbocycles. The van der Waals surface area contributed by atoms with Crippen LogP contribution in [-0.2, 0) is 21.9 Å². The fourth-order valence-corrected chi connectivity index (χ4v) is 0.638. The van der Waals surface area contributed by atoms with Gasteiger partial charge in [0.05, 0.1) is 5.92 Å². The van der Waals surface area contributed by atoms with E-state index in [1.807, 2.05) is 13.8 Å². The molecule has 0 aliphatic rings. The van der Waals surface area contributed by atoms with E-state index in [0.29, 0.717) is 0 Å². The number of hydrogen-bond acceptors (Lipinski definition) is 1. The Kier molecular flexibility index (Phi) is 7.98. The van der Waals surface area contributed by atoms with Gasteiger partial charge in [-0.2, -0.15) is 0 Å². The molecule has 1 radical (unpaired) electrons. The molecule has 3 heteroatoms. The van der Waals surface area contributed by atoms with Crippen molar-refractivity contribution in [3.8, 4) is 0 Å². The summed E-state index contributed by atoms with van der Waals surface area (Å²) in [5, 5.41) is 8.37. The Labute approximate surface area is 66.1 Å². The minimum atomic E-state index is -0.671. The van der Waals surface area contributed by atoms with Crippen LogP contribution in [0.15, 0.2) is 0 Å². The van der Waals surface area contributed by atoms with Gasteiger partial charge >= 0.3 is 5.97 Å². The predicted octanol–water partition coefficient (Wildman–Crippen LogP) is 1.50. The largest absolute Gasteiger partial charge is 0.481 e. The fraction of sp³-hybridized carbons (Fsp3) is 0.833. The van der Waals surface area contributed by atoms with Crippen LogP contribution in [0.4, 0.5) is 0 Å². The van der Waals surface area contributed by atoms with Gasteiger partial charge in [-0.25, -0.2) is 0 Å². The van der Waals surface area contributed by atoms with Crippen LogP contribution >= 0.6 is 0 Å². The Morgan fingerprint density at radius 3 is 1.78 bits per heavy atom. The molecule has 59 valence electrons. The van der Waals surface area contributed by atoms with Gasteiger partial charge in [-0.15, -0.1) is 0 Å². The Morgan fingerprint density at radius 1 is 1.44 bits per heavy atom. The van der Waals surface area contributed by atoms with Gasteiger partial charge in [0.15, 0.2) is 0 Å². The average Bonchev–Trinajstić information content (AvgIpc) is 1.69. The molecule has 0 rings (SSSR count). The molecule has 0 unspecified atom stereocenters. The van der Waals surface area contributed by atoms with E-state index in [4.69, 9.17) is 5.11 Å². The Hall–Kier alpha value is -0.0105. The maximum Gasteiger partial charge on any atom is 0.306 e. The van der Waals surface area contributed by atoms with E-state index in [1.165, 1.54) is 0 Å². The summed E-state index contributed by atoms with van der Waals surface area (Å²) in [6.07, 6.45) is 1.48. The topological polar surface area (TPSA) is 37.3 Å². The van der Waals surface area contributed by atoms with E-state index < -0.39 is 5.97 Å². The molecule has 0 fully saturated rings. The Morgan fingerprint density at radius 2 is 1.78 bits per heavy atom.